The zero-order chi connectivity index (χ0) is 6.86. The Labute approximate surface area is 77.9 Å². The monoisotopic (exact) mass is 195 g/mol. The molecular formula is C7H14ClNOS. The van der Waals surface area contributed by atoms with Gasteiger partial charge in [-0.15, -0.1) is 24.2 Å². The minimum atomic E-state index is 0. The molecule has 11 heavy (non-hydrogen) atoms. The SMILES string of the molecule is C1CC2(CCN1)OCCS2.Cl. The van der Waals surface area contributed by atoms with Crippen LogP contribution in [0.5, 0.6) is 0 Å². The van der Waals surface area contributed by atoms with Crippen molar-refractivity contribution in [3.63, 3.8) is 0 Å². The van der Waals surface area contributed by atoms with Crippen LogP contribution in [0.2, 0.25) is 0 Å². The second-order valence-corrected chi connectivity index (χ2v) is 4.30. The summed E-state index contributed by atoms with van der Waals surface area (Å²) in [7, 11) is 0. The van der Waals surface area contributed by atoms with E-state index in [2.05, 4.69) is 5.32 Å². The zero-order valence-corrected chi connectivity index (χ0v) is 8.10. The third-order valence-corrected chi connectivity index (χ3v) is 3.60. The van der Waals surface area contributed by atoms with Gasteiger partial charge in [0.05, 0.1) is 6.61 Å². The maximum absolute atomic E-state index is 5.70. The van der Waals surface area contributed by atoms with E-state index in [1.54, 1.807) is 0 Å². The van der Waals surface area contributed by atoms with Gasteiger partial charge < -0.3 is 10.1 Å². The molecule has 2 aliphatic heterocycles. The number of hydrogen-bond acceptors (Lipinski definition) is 3. The van der Waals surface area contributed by atoms with Crippen molar-refractivity contribution >= 4 is 24.2 Å². The zero-order valence-electron chi connectivity index (χ0n) is 6.47. The summed E-state index contributed by atoms with van der Waals surface area (Å²) in [5.41, 5.74) is 0. The molecule has 0 bridgehead atoms. The van der Waals surface area contributed by atoms with E-state index < -0.39 is 0 Å². The highest BCUT2D eigenvalue weighted by atomic mass is 35.5. The normalized spacial score (nSPS) is 28.4. The number of halogens is 1. The van der Waals surface area contributed by atoms with Crippen molar-refractivity contribution in [1.29, 1.82) is 0 Å². The van der Waals surface area contributed by atoms with Gasteiger partial charge in [-0.25, -0.2) is 0 Å². The molecule has 0 radical (unpaired) electrons. The molecular weight excluding hydrogens is 182 g/mol. The van der Waals surface area contributed by atoms with Crippen molar-refractivity contribution in [2.24, 2.45) is 0 Å². The lowest BCUT2D eigenvalue weighted by Crippen LogP contribution is -2.39. The average molecular weight is 196 g/mol. The molecule has 1 N–H and O–H groups in total. The van der Waals surface area contributed by atoms with Crippen molar-refractivity contribution in [2.45, 2.75) is 17.8 Å². The Morgan fingerprint density at radius 1 is 1.27 bits per heavy atom. The molecule has 0 atom stereocenters. The van der Waals surface area contributed by atoms with E-state index in [-0.39, 0.29) is 17.3 Å². The molecule has 0 saturated carbocycles. The van der Waals surface area contributed by atoms with Gasteiger partial charge in [-0.3, -0.25) is 0 Å². The van der Waals surface area contributed by atoms with E-state index in [0.29, 0.717) is 0 Å². The summed E-state index contributed by atoms with van der Waals surface area (Å²) in [6.07, 6.45) is 2.38. The van der Waals surface area contributed by atoms with Crippen molar-refractivity contribution < 1.29 is 4.74 Å². The van der Waals surface area contributed by atoms with Crippen LogP contribution < -0.4 is 5.32 Å². The minimum absolute atomic E-state index is 0. The van der Waals surface area contributed by atoms with Crippen molar-refractivity contribution in [3.8, 4) is 0 Å². The van der Waals surface area contributed by atoms with Crippen LogP contribution in [0.1, 0.15) is 12.8 Å². The van der Waals surface area contributed by atoms with Crippen LogP contribution in [0.4, 0.5) is 0 Å². The molecule has 2 fully saturated rings. The third kappa shape index (κ3) is 2.02. The summed E-state index contributed by atoms with van der Waals surface area (Å²) < 4.78 is 5.70. The first-order chi connectivity index (χ1) is 4.91. The number of piperidine rings is 1. The molecule has 2 saturated heterocycles. The van der Waals surface area contributed by atoms with E-state index in [4.69, 9.17) is 4.74 Å². The topological polar surface area (TPSA) is 21.3 Å². The Hall–Kier alpha value is 0.560. The summed E-state index contributed by atoms with van der Waals surface area (Å²) in [5.74, 6) is 1.19. The van der Waals surface area contributed by atoms with E-state index in [1.807, 2.05) is 11.8 Å². The smallest absolute Gasteiger partial charge is 0.116 e. The van der Waals surface area contributed by atoms with Gasteiger partial charge in [0.1, 0.15) is 4.93 Å². The van der Waals surface area contributed by atoms with Crippen molar-refractivity contribution in [1.82, 2.24) is 5.32 Å². The summed E-state index contributed by atoms with van der Waals surface area (Å²) in [6.45, 7) is 3.23. The molecule has 1 spiro atoms. The predicted molar refractivity (Wildman–Crippen MR) is 50.5 cm³/mol. The van der Waals surface area contributed by atoms with Gasteiger partial charge in [0, 0.05) is 5.75 Å². The van der Waals surface area contributed by atoms with Gasteiger partial charge in [0.15, 0.2) is 0 Å². The Kier molecular flexibility index (Phi) is 3.50. The van der Waals surface area contributed by atoms with Crippen LogP contribution in [0.25, 0.3) is 0 Å². The quantitative estimate of drug-likeness (QED) is 0.629. The molecule has 0 aliphatic carbocycles. The molecule has 0 unspecified atom stereocenters. The van der Waals surface area contributed by atoms with Gasteiger partial charge in [-0.1, -0.05) is 0 Å². The predicted octanol–water partition coefficient (Wildman–Crippen LogP) is 1.25. The van der Waals surface area contributed by atoms with Gasteiger partial charge >= 0.3 is 0 Å². The first kappa shape index (κ1) is 9.65. The molecule has 4 heteroatoms. The maximum Gasteiger partial charge on any atom is 0.116 e. The largest absolute Gasteiger partial charge is 0.363 e. The lowest BCUT2D eigenvalue weighted by molar-refractivity contribution is 0.0290. The third-order valence-electron chi connectivity index (χ3n) is 2.18. The first-order valence-corrected chi connectivity index (χ1v) is 4.89. The van der Waals surface area contributed by atoms with Gasteiger partial charge in [-0.2, -0.15) is 0 Å². The average Bonchev–Trinajstić information content (AvgIpc) is 2.39. The second kappa shape index (κ2) is 3.99. The summed E-state index contributed by atoms with van der Waals surface area (Å²) in [5, 5.41) is 3.34. The Morgan fingerprint density at radius 2 is 2.00 bits per heavy atom. The minimum Gasteiger partial charge on any atom is -0.363 e. The molecule has 0 aromatic heterocycles. The Balaban J connectivity index is 0.000000605. The molecule has 0 aromatic rings. The number of rotatable bonds is 0. The highest BCUT2D eigenvalue weighted by molar-refractivity contribution is 8.00. The second-order valence-electron chi connectivity index (χ2n) is 2.86. The summed E-state index contributed by atoms with van der Waals surface area (Å²) in [6, 6.07) is 0. The molecule has 2 aliphatic rings. The van der Waals surface area contributed by atoms with Gasteiger partial charge in [0.25, 0.3) is 0 Å². The highest BCUT2D eigenvalue weighted by Gasteiger charge is 2.36. The van der Waals surface area contributed by atoms with E-state index in [0.717, 1.165) is 19.7 Å². The van der Waals surface area contributed by atoms with Crippen molar-refractivity contribution in [3.05, 3.63) is 0 Å². The van der Waals surface area contributed by atoms with Crippen LogP contribution >= 0.6 is 24.2 Å². The van der Waals surface area contributed by atoms with Gasteiger partial charge in [0.2, 0.25) is 0 Å². The Morgan fingerprint density at radius 3 is 2.55 bits per heavy atom. The van der Waals surface area contributed by atoms with Crippen LogP contribution in [-0.4, -0.2) is 30.4 Å². The molecule has 66 valence electrons. The van der Waals surface area contributed by atoms with Crippen LogP contribution in [0.3, 0.4) is 0 Å². The van der Waals surface area contributed by atoms with Crippen LogP contribution in [0.15, 0.2) is 0 Å². The number of nitrogens with one attached hydrogen (secondary N) is 1. The van der Waals surface area contributed by atoms with E-state index >= 15 is 0 Å². The standard InChI is InChI=1S/C7H13NOS.ClH/c1-3-8-4-2-7(1)9-5-6-10-7;/h8H,1-6H2;1H. The van der Waals surface area contributed by atoms with Crippen LogP contribution in [-0.2, 0) is 4.74 Å². The lowest BCUT2D eigenvalue weighted by atomic mass is 10.1. The fourth-order valence-electron chi connectivity index (χ4n) is 1.59. The number of thioether (sulfide) groups is 1. The van der Waals surface area contributed by atoms with E-state index in [1.165, 1.54) is 18.6 Å². The van der Waals surface area contributed by atoms with E-state index in [9.17, 15) is 0 Å². The van der Waals surface area contributed by atoms with Gasteiger partial charge in [-0.05, 0) is 25.9 Å². The molecule has 0 amide bonds. The first-order valence-electron chi connectivity index (χ1n) is 3.90. The molecule has 2 nitrogen and oxygen atoms in total. The number of ether oxygens (including phenoxy) is 1. The fourth-order valence-corrected chi connectivity index (χ4v) is 2.79. The highest BCUT2D eigenvalue weighted by Crippen LogP contribution is 2.39. The molecule has 0 aromatic carbocycles. The number of hydrogen-bond donors (Lipinski definition) is 1. The van der Waals surface area contributed by atoms with Crippen LogP contribution in [0, 0.1) is 0 Å². The summed E-state index contributed by atoms with van der Waals surface area (Å²) >= 11 is 2.00. The van der Waals surface area contributed by atoms with Crippen molar-refractivity contribution in [2.75, 3.05) is 25.4 Å². The summed E-state index contributed by atoms with van der Waals surface area (Å²) in [4.78, 5) is 0.227. The lowest BCUT2D eigenvalue weighted by Gasteiger charge is -2.31. The maximum atomic E-state index is 5.70. The Bertz CT molecular complexity index is 120. The molecule has 2 heterocycles. The molecule has 2 rings (SSSR count). The fraction of sp³-hybridized carbons (Fsp3) is 1.00.